The van der Waals surface area contributed by atoms with Crippen LogP contribution >= 0.6 is 11.6 Å². The summed E-state index contributed by atoms with van der Waals surface area (Å²) in [6.45, 7) is 4.69. The number of hydrogen-bond donors (Lipinski definition) is 3. The maximum atomic E-state index is 13.0. The Morgan fingerprint density at radius 1 is 1.37 bits per heavy atom. The Balaban J connectivity index is 1.74. The largest absolute Gasteiger partial charge is 0.370 e. The fourth-order valence-corrected chi connectivity index (χ4v) is 3.92. The second-order valence-electron chi connectivity index (χ2n) is 7.25. The molecule has 3 amide bonds. The van der Waals surface area contributed by atoms with E-state index in [0.717, 1.165) is 5.69 Å². The number of primary amides is 1. The zero-order valence-electron chi connectivity index (χ0n) is 16.4. The molecule has 1 aliphatic heterocycles. The molecule has 1 unspecified atom stereocenters. The molecule has 1 aromatic heterocycles. The molecule has 30 heavy (non-hydrogen) atoms. The van der Waals surface area contributed by atoms with Crippen molar-refractivity contribution in [3.8, 4) is 0 Å². The lowest BCUT2D eigenvalue weighted by molar-refractivity contribution is -0.127. The molecule has 1 aliphatic rings. The van der Waals surface area contributed by atoms with E-state index >= 15 is 0 Å². The first-order chi connectivity index (χ1) is 14.4. The van der Waals surface area contributed by atoms with Gasteiger partial charge in [0.05, 0.1) is 29.9 Å². The fourth-order valence-electron chi connectivity index (χ4n) is 3.72. The van der Waals surface area contributed by atoms with Crippen molar-refractivity contribution in [2.75, 3.05) is 13.1 Å². The van der Waals surface area contributed by atoms with Crippen molar-refractivity contribution in [2.24, 2.45) is 5.73 Å². The topological polar surface area (TPSA) is 121 Å². The van der Waals surface area contributed by atoms with E-state index in [9.17, 15) is 14.4 Å². The van der Waals surface area contributed by atoms with Crippen LogP contribution in [0.15, 0.2) is 43.1 Å². The molecule has 8 nitrogen and oxygen atoms in total. The third-order valence-corrected chi connectivity index (χ3v) is 5.50. The van der Waals surface area contributed by atoms with Gasteiger partial charge in [-0.3, -0.25) is 19.5 Å². The number of aromatic nitrogens is 2. The lowest BCUT2D eigenvalue weighted by Gasteiger charge is -2.31. The van der Waals surface area contributed by atoms with Gasteiger partial charge in [0.1, 0.15) is 0 Å². The molecule has 0 aliphatic carbocycles. The lowest BCUT2D eigenvalue weighted by atomic mass is 9.91. The van der Waals surface area contributed by atoms with Crippen LogP contribution in [0.5, 0.6) is 0 Å². The van der Waals surface area contributed by atoms with E-state index in [-0.39, 0.29) is 24.2 Å². The summed E-state index contributed by atoms with van der Waals surface area (Å²) in [7, 11) is 0. The third kappa shape index (κ3) is 5.07. The van der Waals surface area contributed by atoms with E-state index in [0.29, 0.717) is 42.1 Å². The summed E-state index contributed by atoms with van der Waals surface area (Å²) in [5, 5.41) is 10.4. The number of nitrogens with zero attached hydrogens (tertiary/aromatic N) is 2. The van der Waals surface area contributed by atoms with Gasteiger partial charge in [0.15, 0.2) is 0 Å². The Morgan fingerprint density at radius 2 is 2.10 bits per heavy atom. The summed E-state index contributed by atoms with van der Waals surface area (Å²) in [6.07, 6.45) is 4.15. The Kier molecular flexibility index (Phi) is 6.89. The number of likely N-dealkylation sites (tertiary alicyclic amines) is 1. The van der Waals surface area contributed by atoms with Gasteiger partial charge in [-0.15, -0.1) is 0 Å². The van der Waals surface area contributed by atoms with E-state index in [1.54, 1.807) is 29.2 Å². The van der Waals surface area contributed by atoms with E-state index < -0.39 is 11.9 Å². The standard InChI is InChI=1S/C21H24ClN5O3/c1-2-19(29)27-8-6-13(7-9-27)20-16(12-24-26-20)21(30)25-17(11-18(23)28)14-4-3-5-15(22)10-14/h2-5,10,12-13,17H,1,6-9,11H2,(H2,23,28)(H,24,26)(H,25,30). The predicted molar refractivity (Wildman–Crippen MR) is 113 cm³/mol. The number of H-pyrrole nitrogens is 1. The molecule has 0 spiro atoms. The summed E-state index contributed by atoms with van der Waals surface area (Å²) < 4.78 is 0. The summed E-state index contributed by atoms with van der Waals surface area (Å²) >= 11 is 6.05. The van der Waals surface area contributed by atoms with E-state index in [4.69, 9.17) is 17.3 Å². The first kappa shape index (κ1) is 21.6. The van der Waals surface area contributed by atoms with Gasteiger partial charge in [-0.1, -0.05) is 30.3 Å². The van der Waals surface area contributed by atoms with Crippen molar-refractivity contribution >= 4 is 29.3 Å². The minimum absolute atomic E-state index is 0.0542. The predicted octanol–water partition coefficient (Wildman–Crippen LogP) is 2.30. The number of amides is 3. The maximum Gasteiger partial charge on any atom is 0.255 e. The fraction of sp³-hybridized carbons (Fsp3) is 0.333. The van der Waals surface area contributed by atoms with Crippen molar-refractivity contribution in [2.45, 2.75) is 31.2 Å². The van der Waals surface area contributed by atoms with E-state index in [1.165, 1.54) is 12.3 Å². The molecule has 4 N–H and O–H groups in total. The summed E-state index contributed by atoms with van der Waals surface area (Å²) in [5.74, 6) is -0.906. The van der Waals surface area contributed by atoms with Crippen molar-refractivity contribution < 1.29 is 14.4 Å². The molecule has 1 fully saturated rings. The van der Waals surface area contributed by atoms with Crippen molar-refractivity contribution in [3.05, 3.63) is 65.0 Å². The lowest BCUT2D eigenvalue weighted by Crippen LogP contribution is -2.37. The van der Waals surface area contributed by atoms with Crippen molar-refractivity contribution in [1.82, 2.24) is 20.4 Å². The van der Waals surface area contributed by atoms with Gasteiger partial charge in [-0.05, 0) is 36.6 Å². The van der Waals surface area contributed by atoms with Gasteiger partial charge in [0.2, 0.25) is 11.8 Å². The number of halogens is 1. The zero-order chi connectivity index (χ0) is 21.7. The monoisotopic (exact) mass is 429 g/mol. The second kappa shape index (κ2) is 9.58. The molecule has 1 atom stereocenters. The molecule has 9 heteroatoms. The quantitative estimate of drug-likeness (QED) is 0.584. The van der Waals surface area contributed by atoms with Gasteiger partial charge in [-0.25, -0.2) is 0 Å². The number of hydrogen-bond acceptors (Lipinski definition) is 4. The number of nitrogens with one attached hydrogen (secondary N) is 2. The first-order valence-electron chi connectivity index (χ1n) is 9.68. The minimum atomic E-state index is -0.608. The summed E-state index contributed by atoms with van der Waals surface area (Å²) in [4.78, 5) is 38.1. The number of nitrogens with two attached hydrogens (primary N) is 1. The van der Waals surface area contributed by atoms with Gasteiger partial charge in [0, 0.05) is 24.0 Å². The number of aromatic amines is 1. The number of benzene rings is 1. The molecule has 2 aromatic rings. The highest BCUT2D eigenvalue weighted by Gasteiger charge is 2.28. The molecule has 1 saturated heterocycles. The number of carbonyl (C=O) groups is 3. The van der Waals surface area contributed by atoms with Crippen LogP contribution in [0.3, 0.4) is 0 Å². The highest BCUT2D eigenvalue weighted by atomic mass is 35.5. The van der Waals surface area contributed by atoms with Crippen LogP contribution in [0.4, 0.5) is 0 Å². The zero-order valence-corrected chi connectivity index (χ0v) is 17.2. The molecular weight excluding hydrogens is 406 g/mol. The Morgan fingerprint density at radius 3 is 2.73 bits per heavy atom. The van der Waals surface area contributed by atoms with Crippen molar-refractivity contribution in [3.63, 3.8) is 0 Å². The third-order valence-electron chi connectivity index (χ3n) is 5.26. The van der Waals surface area contributed by atoms with Crippen LogP contribution in [0.1, 0.15) is 52.8 Å². The maximum absolute atomic E-state index is 13.0. The molecule has 1 aromatic carbocycles. The van der Waals surface area contributed by atoms with Crippen LogP contribution in [-0.2, 0) is 9.59 Å². The molecule has 0 saturated carbocycles. The summed E-state index contributed by atoms with van der Waals surface area (Å²) in [6, 6.07) is 6.33. The minimum Gasteiger partial charge on any atom is -0.370 e. The highest BCUT2D eigenvalue weighted by Crippen LogP contribution is 2.29. The molecule has 0 bridgehead atoms. The molecular formula is C21H24ClN5O3. The van der Waals surface area contributed by atoms with Crippen LogP contribution < -0.4 is 11.1 Å². The second-order valence-corrected chi connectivity index (χ2v) is 7.69. The van der Waals surface area contributed by atoms with Gasteiger partial charge < -0.3 is 16.0 Å². The SMILES string of the molecule is C=CC(=O)N1CCC(c2[nH]ncc2C(=O)NC(CC(N)=O)c2cccc(Cl)c2)CC1. The smallest absolute Gasteiger partial charge is 0.255 e. The van der Waals surface area contributed by atoms with Gasteiger partial charge in [-0.2, -0.15) is 5.10 Å². The average Bonchev–Trinajstić information content (AvgIpc) is 3.22. The Bertz CT molecular complexity index is 950. The molecule has 158 valence electrons. The van der Waals surface area contributed by atoms with E-state index in [2.05, 4.69) is 22.1 Å². The van der Waals surface area contributed by atoms with Crippen LogP contribution in [0, 0.1) is 0 Å². The number of piperidine rings is 1. The van der Waals surface area contributed by atoms with Gasteiger partial charge in [0.25, 0.3) is 5.91 Å². The number of rotatable bonds is 7. The van der Waals surface area contributed by atoms with Crippen LogP contribution in [-0.4, -0.2) is 45.9 Å². The number of carbonyl (C=O) groups excluding carboxylic acids is 3. The summed E-state index contributed by atoms with van der Waals surface area (Å²) in [5.41, 5.74) is 7.21. The Hall–Kier alpha value is -3.13. The molecule has 3 rings (SSSR count). The van der Waals surface area contributed by atoms with Crippen LogP contribution in [0.25, 0.3) is 0 Å². The van der Waals surface area contributed by atoms with Gasteiger partial charge >= 0.3 is 0 Å². The van der Waals surface area contributed by atoms with E-state index in [1.807, 2.05) is 0 Å². The Labute approximate surface area is 179 Å². The molecule has 2 heterocycles. The average molecular weight is 430 g/mol. The first-order valence-corrected chi connectivity index (χ1v) is 10.1. The highest BCUT2D eigenvalue weighted by molar-refractivity contribution is 6.30. The normalized spacial score (nSPS) is 15.4. The van der Waals surface area contributed by atoms with Crippen molar-refractivity contribution in [1.29, 1.82) is 0 Å². The molecule has 0 radical (unpaired) electrons. The van der Waals surface area contributed by atoms with Crippen LogP contribution in [0.2, 0.25) is 5.02 Å².